The summed E-state index contributed by atoms with van der Waals surface area (Å²) in [6, 6.07) is 5.28. The van der Waals surface area contributed by atoms with E-state index in [1.165, 1.54) is 11.3 Å². The average molecular weight is 296 g/mol. The Kier molecular flexibility index (Phi) is 2.80. The molecular weight excluding hydrogens is 290 g/mol. The second-order valence-corrected chi connectivity index (χ2v) is 5.05. The van der Waals surface area contributed by atoms with E-state index in [2.05, 4.69) is 25.2 Å². The first-order valence-electron chi connectivity index (χ1n) is 5.09. The largest absolute Gasteiger partial charge is 0.379 e. The molecule has 19 heavy (non-hydrogen) atoms. The summed E-state index contributed by atoms with van der Waals surface area (Å²) in [7, 11) is 0. The average Bonchev–Trinajstić information content (AvgIpc) is 2.94. The van der Waals surface area contributed by atoms with Crippen LogP contribution in [0, 0.1) is 0 Å². The fourth-order valence-electron chi connectivity index (χ4n) is 1.46. The molecule has 7 nitrogen and oxygen atoms in total. The highest BCUT2D eigenvalue weighted by molar-refractivity contribution is 7.22. The van der Waals surface area contributed by atoms with E-state index in [0.29, 0.717) is 10.2 Å². The molecule has 2 heterocycles. The van der Waals surface area contributed by atoms with Gasteiger partial charge in [0.25, 0.3) is 5.91 Å². The van der Waals surface area contributed by atoms with E-state index >= 15 is 0 Å². The van der Waals surface area contributed by atoms with Crippen molar-refractivity contribution in [2.75, 3.05) is 11.1 Å². The number of carbonyl (C=O) groups is 1. The molecule has 3 N–H and O–H groups in total. The van der Waals surface area contributed by atoms with Gasteiger partial charge < -0.3 is 5.73 Å². The fraction of sp³-hybridized carbons (Fsp3) is 0. The van der Waals surface area contributed by atoms with Crippen molar-refractivity contribution in [2.45, 2.75) is 0 Å². The van der Waals surface area contributed by atoms with E-state index in [1.807, 2.05) is 0 Å². The maximum absolute atomic E-state index is 11.8. The lowest BCUT2D eigenvalue weighted by Gasteiger charge is -1.96. The monoisotopic (exact) mass is 295 g/mol. The number of nitrogens with two attached hydrogens (primary N) is 1. The summed E-state index contributed by atoms with van der Waals surface area (Å²) in [6.45, 7) is 0. The fourth-order valence-corrected chi connectivity index (χ4v) is 2.60. The van der Waals surface area contributed by atoms with E-state index in [1.54, 1.807) is 18.2 Å². The maximum atomic E-state index is 11.8. The van der Waals surface area contributed by atoms with Crippen LogP contribution in [0.3, 0.4) is 0 Å². The molecule has 2 aromatic heterocycles. The zero-order chi connectivity index (χ0) is 13.4. The van der Waals surface area contributed by atoms with E-state index in [9.17, 15) is 4.79 Å². The molecule has 0 radical (unpaired) electrons. The Labute approximate surface area is 115 Å². The third-order valence-corrected chi connectivity index (χ3v) is 3.47. The first kappa shape index (κ1) is 11.9. The summed E-state index contributed by atoms with van der Waals surface area (Å²) >= 11 is 7.18. The van der Waals surface area contributed by atoms with Gasteiger partial charge in [-0.25, -0.2) is 9.61 Å². The third-order valence-electron chi connectivity index (χ3n) is 2.30. The molecule has 0 saturated heterocycles. The molecule has 1 aromatic carbocycles. The molecule has 0 atom stereocenters. The van der Waals surface area contributed by atoms with Crippen LogP contribution < -0.4 is 11.1 Å². The Morgan fingerprint density at radius 2 is 2.26 bits per heavy atom. The number of thiazole rings is 1. The summed E-state index contributed by atoms with van der Waals surface area (Å²) in [4.78, 5) is 16.1. The van der Waals surface area contributed by atoms with Gasteiger partial charge in [-0.15, -0.1) is 0 Å². The third kappa shape index (κ3) is 2.23. The molecule has 0 aliphatic rings. The second-order valence-electron chi connectivity index (χ2n) is 3.58. The molecule has 0 aliphatic carbocycles. The molecule has 96 valence electrons. The predicted octanol–water partition coefficient (Wildman–Crippen LogP) is 2.17. The first-order chi connectivity index (χ1) is 9.13. The van der Waals surface area contributed by atoms with Gasteiger partial charge in [-0.2, -0.15) is 0 Å². The quantitative estimate of drug-likeness (QED) is 0.750. The van der Waals surface area contributed by atoms with Gasteiger partial charge in [0.05, 0.1) is 10.2 Å². The molecule has 0 aliphatic heterocycles. The molecule has 3 aromatic rings. The topological polar surface area (TPSA) is 107 Å². The van der Waals surface area contributed by atoms with Crippen LogP contribution in [0.15, 0.2) is 22.8 Å². The van der Waals surface area contributed by atoms with Gasteiger partial charge in [-0.3, -0.25) is 10.1 Å². The molecular formula is C10H6ClN5O2S. The SMILES string of the molecule is Nc1nonc1C(=O)Nc1nc2ccc(Cl)cc2s1. The zero-order valence-corrected chi connectivity index (χ0v) is 10.8. The molecule has 0 saturated carbocycles. The van der Waals surface area contributed by atoms with E-state index < -0.39 is 5.91 Å². The van der Waals surface area contributed by atoms with E-state index in [0.717, 1.165) is 10.2 Å². The summed E-state index contributed by atoms with van der Waals surface area (Å²) in [5.74, 6) is -0.592. The number of amides is 1. The number of nitrogen functional groups attached to an aromatic ring is 1. The van der Waals surface area contributed by atoms with Gasteiger partial charge in [0, 0.05) is 5.02 Å². The Morgan fingerprint density at radius 1 is 1.42 bits per heavy atom. The molecule has 3 rings (SSSR count). The lowest BCUT2D eigenvalue weighted by Crippen LogP contribution is -2.13. The van der Waals surface area contributed by atoms with Crippen molar-refractivity contribution in [3.05, 3.63) is 28.9 Å². The number of carbonyl (C=O) groups excluding carboxylic acids is 1. The maximum Gasteiger partial charge on any atom is 0.283 e. The van der Waals surface area contributed by atoms with Crippen molar-refractivity contribution in [1.82, 2.24) is 15.3 Å². The second kappa shape index (κ2) is 4.48. The van der Waals surface area contributed by atoms with Crippen LogP contribution in [0.2, 0.25) is 5.02 Å². The Hall–Kier alpha value is -2.19. The van der Waals surface area contributed by atoms with Crippen molar-refractivity contribution in [2.24, 2.45) is 0 Å². The van der Waals surface area contributed by atoms with Crippen molar-refractivity contribution < 1.29 is 9.42 Å². The van der Waals surface area contributed by atoms with E-state index in [-0.39, 0.29) is 11.5 Å². The number of fused-ring (bicyclic) bond motifs is 1. The Morgan fingerprint density at radius 3 is 3.00 bits per heavy atom. The van der Waals surface area contributed by atoms with Crippen LogP contribution in [-0.2, 0) is 0 Å². The van der Waals surface area contributed by atoms with Crippen LogP contribution in [0.5, 0.6) is 0 Å². The van der Waals surface area contributed by atoms with Crippen LogP contribution in [0.1, 0.15) is 10.5 Å². The molecule has 1 amide bonds. The predicted molar refractivity (Wildman–Crippen MR) is 71.3 cm³/mol. The highest BCUT2D eigenvalue weighted by Gasteiger charge is 2.17. The number of anilines is 2. The van der Waals surface area contributed by atoms with Gasteiger partial charge >= 0.3 is 0 Å². The number of nitrogens with one attached hydrogen (secondary N) is 1. The number of rotatable bonds is 2. The molecule has 0 spiro atoms. The first-order valence-corrected chi connectivity index (χ1v) is 6.28. The number of halogens is 1. The van der Waals surface area contributed by atoms with Crippen molar-refractivity contribution in [3.8, 4) is 0 Å². The van der Waals surface area contributed by atoms with Crippen LogP contribution in [-0.4, -0.2) is 21.2 Å². The lowest BCUT2D eigenvalue weighted by atomic mass is 10.3. The highest BCUT2D eigenvalue weighted by atomic mass is 35.5. The van der Waals surface area contributed by atoms with Gasteiger partial charge in [0.15, 0.2) is 5.13 Å². The minimum Gasteiger partial charge on any atom is -0.379 e. The smallest absolute Gasteiger partial charge is 0.283 e. The van der Waals surface area contributed by atoms with Crippen molar-refractivity contribution in [1.29, 1.82) is 0 Å². The molecule has 0 fully saturated rings. The number of benzene rings is 1. The summed E-state index contributed by atoms with van der Waals surface area (Å²) in [6.07, 6.45) is 0. The van der Waals surface area contributed by atoms with Crippen LogP contribution >= 0.6 is 22.9 Å². The summed E-state index contributed by atoms with van der Waals surface area (Å²) in [5.41, 5.74) is 6.10. The summed E-state index contributed by atoms with van der Waals surface area (Å²) in [5, 5.41) is 10.4. The lowest BCUT2D eigenvalue weighted by molar-refractivity contribution is 0.101. The molecule has 0 bridgehead atoms. The number of aromatic nitrogens is 3. The van der Waals surface area contributed by atoms with E-state index in [4.69, 9.17) is 17.3 Å². The molecule has 0 unspecified atom stereocenters. The minimum absolute atomic E-state index is 0.0679. The van der Waals surface area contributed by atoms with Gasteiger partial charge in [0.2, 0.25) is 11.5 Å². The Bertz CT molecular complexity index is 768. The molecule has 9 heteroatoms. The number of hydrogen-bond acceptors (Lipinski definition) is 7. The zero-order valence-electron chi connectivity index (χ0n) is 9.25. The number of nitrogens with zero attached hydrogens (tertiary/aromatic N) is 3. The normalized spacial score (nSPS) is 10.8. The highest BCUT2D eigenvalue weighted by Crippen LogP contribution is 2.28. The van der Waals surface area contributed by atoms with Gasteiger partial charge in [-0.05, 0) is 28.5 Å². The minimum atomic E-state index is -0.524. The van der Waals surface area contributed by atoms with Gasteiger partial charge in [0.1, 0.15) is 0 Å². The van der Waals surface area contributed by atoms with Gasteiger partial charge in [-0.1, -0.05) is 22.9 Å². The van der Waals surface area contributed by atoms with Crippen LogP contribution in [0.4, 0.5) is 10.9 Å². The van der Waals surface area contributed by atoms with Crippen molar-refractivity contribution >= 4 is 50.0 Å². The summed E-state index contributed by atoms with van der Waals surface area (Å²) < 4.78 is 5.23. The number of hydrogen-bond donors (Lipinski definition) is 2. The van der Waals surface area contributed by atoms with Crippen molar-refractivity contribution in [3.63, 3.8) is 0 Å². The van der Waals surface area contributed by atoms with Crippen LogP contribution in [0.25, 0.3) is 10.2 Å². The standard InChI is InChI=1S/C10H6ClN5O2S/c11-4-1-2-5-6(3-4)19-10(13-5)14-9(17)7-8(12)16-18-15-7/h1-3H,(H2,12,16)(H,13,14,17). The Balaban J connectivity index is 1.89.